The summed E-state index contributed by atoms with van der Waals surface area (Å²) < 4.78 is 0. The van der Waals surface area contributed by atoms with Crippen LogP contribution >= 0.6 is 11.3 Å². The van der Waals surface area contributed by atoms with Crippen LogP contribution in [0.3, 0.4) is 0 Å². The Morgan fingerprint density at radius 1 is 1.44 bits per heavy atom. The minimum absolute atomic E-state index is 0.197. The Bertz CT molecular complexity index is 368. The molecule has 2 nitrogen and oxygen atoms in total. The number of aryl methyl sites for hydroxylation is 1. The van der Waals surface area contributed by atoms with Crippen LogP contribution in [-0.2, 0) is 0 Å². The highest BCUT2D eigenvalue weighted by molar-refractivity contribution is 7.12. The Morgan fingerprint density at radius 2 is 2.17 bits per heavy atom. The van der Waals surface area contributed by atoms with Crippen molar-refractivity contribution in [3.63, 3.8) is 0 Å². The molecule has 102 valence electrons. The van der Waals surface area contributed by atoms with Crippen LogP contribution < -0.4 is 5.73 Å². The number of rotatable bonds is 6. The topological polar surface area (TPSA) is 29.3 Å². The van der Waals surface area contributed by atoms with Gasteiger partial charge in [0.15, 0.2) is 0 Å². The zero-order valence-corrected chi connectivity index (χ0v) is 12.7. The summed E-state index contributed by atoms with van der Waals surface area (Å²) in [4.78, 5) is 5.40. The van der Waals surface area contributed by atoms with Gasteiger partial charge in [0.1, 0.15) is 0 Å². The fraction of sp³-hybridized carbons (Fsp3) is 0.733. The summed E-state index contributed by atoms with van der Waals surface area (Å²) >= 11 is 1.90. The molecule has 0 radical (unpaired) electrons. The first-order chi connectivity index (χ1) is 8.61. The van der Waals surface area contributed by atoms with Crippen molar-refractivity contribution < 1.29 is 0 Å². The summed E-state index contributed by atoms with van der Waals surface area (Å²) in [6, 6.07) is 5.07. The van der Waals surface area contributed by atoms with E-state index in [0.717, 1.165) is 12.5 Å². The van der Waals surface area contributed by atoms with E-state index in [2.05, 4.69) is 37.8 Å². The zero-order valence-electron chi connectivity index (χ0n) is 11.9. The van der Waals surface area contributed by atoms with Gasteiger partial charge in [-0.05, 0) is 51.3 Å². The number of thiophene rings is 1. The molecule has 0 aromatic carbocycles. The van der Waals surface area contributed by atoms with Crippen molar-refractivity contribution in [2.75, 3.05) is 13.1 Å². The van der Waals surface area contributed by atoms with Gasteiger partial charge in [-0.15, -0.1) is 11.3 Å². The molecular formula is C15H26N2S. The van der Waals surface area contributed by atoms with Gasteiger partial charge in [0, 0.05) is 22.3 Å². The third-order valence-electron chi connectivity index (χ3n) is 4.07. The Balaban J connectivity index is 2.11. The molecule has 1 aromatic rings. The molecule has 0 amide bonds. The Labute approximate surface area is 115 Å². The molecule has 3 heteroatoms. The van der Waals surface area contributed by atoms with E-state index in [4.69, 9.17) is 5.73 Å². The van der Waals surface area contributed by atoms with Crippen LogP contribution in [-0.4, -0.2) is 24.0 Å². The average Bonchev–Trinajstić information content (AvgIpc) is 2.67. The van der Waals surface area contributed by atoms with Gasteiger partial charge in [-0.25, -0.2) is 0 Å². The molecule has 0 spiro atoms. The minimum atomic E-state index is 0.197. The maximum Gasteiger partial charge on any atom is 0.0590 e. The molecule has 2 rings (SSSR count). The van der Waals surface area contributed by atoms with E-state index < -0.39 is 0 Å². The third kappa shape index (κ3) is 3.14. The summed E-state index contributed by atoms with van der Waals surface area (Å²) in [5.74, 6) is 0.909. The lowest BCUT2D eigenvalue weighted by atomic mass is 9.84. The number of nitrogens with two attached hydrogens (primary N) is 1. The van der Waals surface area contributed by atoms with Crippen molar-refractivity contribution in [1.82, 2.24) is 4.90 Å². The summed E-state index contributed by atoms with van der Waals surface area (Å²) in [5.41, 5.74) is 6.25. The van der Waals surface area contributed by atoms with E-state index >= 15 is 0 Å². The van der Waals surface area contributed by atoms with Gasteiger partial charge in [0.2, 0.25) is 0 Å². The highest BCUT2D eigenvalue weighted by Gasteiger charge is 2.28. The minimum Gasteiger partial charge on any atom is -0.326 e. The molecule has 2 atom stereocenters. The quantitative estimate of drug-likeness (QED) is 0.853. The first-order valence-corrected chi connectivity index (χ1v) is 7.99. The van der Waals surface area contributed by atoms with Crippen LogP contribution in [0.25, 0.3) is 0 Å². The molecule has 1 aliphatic carbocycles. The van der Waals surface area contributed by atoms with Crippen LogP contribution in [0.4, 0.5) is 0 Å². The second-order valence-corrected chi connectivity index (χ2v) is 6.96. The molecule has 1 saturated carbocycles. The van der Waals surface area contributed by atoms with E-state index in [0.29, 0.717) is 6.04 Å². The van der Waals surface area contributed by atoms with Gasteiger partial charge in [0.05, 0.1) is 6.04 Å². The van der Waals surface area contributed by atoms with E-state index in [9.17, 15) is 0 Å². The molecule has 0 saturated heterocycles. The van der Waals surface area contributed by atoms with Gasteiger partial charge >= 0.3 is 0 Å². The molecule has 0 aliphatic heterocycles. The normalized spacial score (nSPS) is 19.8. The van der Waals surface area contributed by atoms with Gasteiger partial charge < -0.3 is 5.73 Å². The maximum absolute atomic E-state index is 6.25. The largest absolute Gasteiger partial charge is 0.326 e. The van der Waals surface area contributed by atoms with Crippen molar-refractivity contribution in [3.05, 3.63) is 21.9 Å². The lowest BCUT2D eigenvalue weighted by Gasteiger charge is -2.38. The van der Waals surface area contributed by atoms with Crippen LogP contribution in [0.5, 0.6) is 0 Å². The molecule has 1 aliphatic rings. The first kappa shape index (κ1) is 14.0. The average molecular weight is 266 g/mol. The lowest BCUT2D eigenvalue weighted by Crippen LogP contribution is -2.42. The van der Waals surface area contributed by atoms with Gasteiger partial charge in [0.25, 0.3) is 0 Å². The first-order valence-electron chi connectivity index (χ1n) is 7.17. The smallest absolute Gasteiger partial charge is 0.0590 e. The van der Waals surface area contributed by atoms with Crippen molar-refractivity contribution >= 4 is 11.3 Å². The van der Waals surface area contributed by atoms with Gasteiger partial charge in [-0.1, -0.05) is 13.3 Å². The summed E-state index contributed by atoms with van der Waals surface area (Å²) in [5, 5.41) is 0. The van der Waals surface area contributed by atoms with Crippen LogP contribution in [0.15, 0.2) is 12.1 Å². The van der Waals surface area contributed by atoms with Crippen LogP contribution in [0.1, 0.15) is 48.9 Å². The highest BCUT2D eigenvalue weighted by Crippen LogP contribution is 2.33. The van der Waals surface area contributed by atoms with E-state index in [1.54, 1.807) is 0 Å². The van der Waals surface area contributed by atoms with Crippen molar-refractivity contribution in [2.45, 2.75) is 52.1 Å². The predicted octanol–water partition coefficient (Wildman–Crippen LogP) is 3.57. The number of hydrogen-bond donors (Lipinski definition) is 1. The maximum atomic E-state index is 6.25. The van der Waals surface area contributed by atoms with E-state index in [1.165, 1.54) is 35.6 Å². The van der Waals surface area contributed by atoms with E-state index in [1.807, 2.05) is 11.3 Å². The number of likely N-dealkylation sites (N-methyl/N-ethyl adjacent to an activating group) is 1. The second-order valence-electron chi connectivity index (χ2n) is 5.64. The summed E-state index contributed by atoms with van der Waals surface area (Å²) in [6.07, 6.45) is 4.24. The fourth-order valence-electron chi connectivity index (χ4n) is 2.83. The Hall–Kier alpha value is -0.380. The van der Waals surface area contributed by atoms with Gasteiger partial charge in [-0.2, -0.15) is 0 Å². The second kappa shape index (κ2) is 6.18. The summed E-state index contributed by atoms with van der Waals surface area (Å²) in [6.45, 7) is 8.89. The monoisotopic (exact) mass is 266 g/mol. The Morgan fingerprint density at radius 3 is 2.56 bits per heavy atom. The number of nitrogens with zero attached hydrogens (tertiary/aromatic N) is 1. The highest BCUT2D eigenvalue weighted by atomic mass is 32.1. The van der Waals surface area contributed by atoms with Crippen molar-refractivity contribution in [2.24, 2.45) is 11.7 Å². The van der Waals surface area contributed by atoms with Crippen molar-refractivity contribution in [3.8, 4) is 0 Å². The molecule has 1 aromatic heterocycles. The SMILES string of the molecule is CCN(CC1CCC1)C(c1ccc(C)s1)C(C)N. The molecule has 2 unspecified atom stereocenters. The molecule has 18 heavy (non-hydrogen) atoms. The Kier molecular flexibility index (Phi) is 4.82. The lowest BCUT2D eigenvalue weighted by molar-refractivity contribution is 0.127. The summed E-state index contributed by atoms with van der Waals surface area (Å²) in [7, 11) is 0. The molecule has 0 bridgehead atoms. The molecule has 1 fully saturated rings. The van der Waals surface area contributed by atoms with E-state index in [-0.39, 0.29) is 6.04 Å². The zero-order chi connectivity index (χ0) is 13.1. The number of hydrogen-bond acceptors (Lipinski definition) is 3. The van der Waals surface area contributed by atoms with Crippen LogP contribution in [0, 0.1) is 12.8 Å². The van der Waals surface area contributed by atoms with Crippen LogP contribution in [0.2, 0.25) is 0 Å². The standard InChI is InChI=1S/C15H26N2S/c1-4-17(10-13-6-5-7-13)15(12(3)16)14-9-8-11(2)18-14/h8-9,12-13,15H,4-7,10,16H2,1-3H3. The third-order valence-corrected chi connectivity index (χ3v) is 5.14. The van der Waals surface area contributed by atoms with Gasteiger partial charge in [-0.3, -0.25) is 4.90 Å². The molecule has 1 heterocycles. The molecule has 2 N–H and O–H groups in total. The fourth-order valence-corrected chi connectivity index (χ4v) is 3.96. The molecular weight excluding hydrogens is 240 g/mol. The van der Waals surface area contributed by atoms with Crippen molar-refractivity contribution in [1.29, 1.82) is 0 Å². The predicted molar refractivity (Wildman–Crippen MR) is 80.0 cm³/mol.